The molecule has 2 aromatic rings. The van der Waals surface area contributed by atoms with E-state index in [1.165, 1.54) is 24.4 Å². The largest absolute Gasteiger partial charge is 0.418 e. The minimum absolute atomic E-state index is 0.0306. The number of nitrogens with zero attached hydrogens (tertiary/aromatic N) is 3. The Morgan fingerprint density at radius 3 is 2.81 bits per heavy atom. The molecule has 1 aromatic carbocycles. The number of amides is 1. The molecule has 1 fully saturated rings. The van der Waals surface area contributed by atoms with Crippen molar-refractivity contribution in [2.45, 2.75) is 25.9 Å². The first-order chi connectivity index (χ1) is 12.7. The number of piperidine rings is 1. The van der Waals surface area contributed by atoms with Gasteiger partial charge in [0, 0.05) is 24.3 Å². The smallest absolute Gasteiger partial charge is 0.337 e. The highest BCUT2D eigenvalue weighted by molar-refractivity contribution is 6.30. The summed E-state index contributed by atoms with van der Waals surface area (Å²) < 4.78 is 39.7. The lowest BCUT2D eigenvalue weighted by Gasteiger charge is -2.30. The lowest BCUT2D eigenvalue weighted by Crippen LogP contribution is -2.39. The minimum atomic E-state index is -4.59. The molecule has 9 heteroatoms. The summed E-state index contributed by atoms with van der Waals surface area (Å²) in [5, 5.41) is 2.51. The van der Waals surface area contributed by atoms with Gasteiger partial charge in [-0.2, -0.15) is 13.2 Å². The number of rotatable bonds is 3. The van der Waals surface area contributed by atoms with Crippen molar-refractivity contribution in [3.63, 3.8) is 0 Å². The van der Waals surface area contributed by atoms with Crippen molar-refractivity contribution in [3.8, 4) is 0 Å². The number of nitrogens with one attached hydrogen (secondary N) is 1. The Balaban J connectivity index is 1.84. The van der Waals surface area contributed by atoms with Crippen molar-refractivity contribution in [3.05, 3.63) is 46.7 Å². The van der Waals surface area contributed by atoms with E-state index in [0.29, 0.717) is 19.0 Å². The molecule has 2 heterocycles. The Hall–Kier alpha value is -2.35. The van der Waals surface area contributed by atoms with Crippen molar-refractivity contribution < 1.29 is 18.0 Å². The second kappa shape index (κ2) is 7.72. The van der Waals surface area contributed by atoms with E-state index in [0.717, 1.165) is 18.9 Å². The number of likely N-dealkylation sites (tertiary alicyclic amines) is 1. The highest BCUT2D eigenvalue weighted by Crippen LogP contribution is 2.37. The Labute approximate surface area is 159 Å². The van der Waals surface area contributed by atoms with Gasteiger partial charge in [0.15, 0.2) is 0 Å². The van der Waals surface area contributed by atoms with E-state index in [9.17, 15) is 18.0 Å². The van der Waals surface area contributed by atoms with Gasteiger partial charge in [-0.3, -0.25) is 4.79 Å². The minimum Gasteiger partial charge on any atom is -0.337 e. The summed E-state index contributed by atoms with van der Waals surface area (Å²) in [6.45, 7) is 3.36. The number of benzene rings is 1. The third-order valence-electron chi connectivity index (χ3n) is 4.35. The normalized spacial score (nSPS) is 17.7. The van der Waals surface area contributed by atoms with E-state index in [-0.39, 0.29) is 28.3 Å². The van der Waals surface area contributed by atoms with Crippen LogP contribution in [0.15, 0.2) is 30.5 Å². The quantitative estimate of drug-likeness (QED) is 0.809. The van der Waals surface area contributed by atoms with Crippen LogP contribution in [0.1, 0.15) is 35.8 Å². The number of alkyl halides is 3. The van der Waals surface area contributed by atoms with Crippen molar-refractivity contribution in [1.29, 1.82) is 0 Å². The van der Waals surface area contributed by atoms with Gasteiger partial charge in [-0.05, 0) is 43.0 Å². The molecule has 1 aliphatic rings. The number of carbonyl (C=O) groups is 1. The van der Waals surface area contributed by atoms with Crippen molar-refractivity contribution >= 4 is 29.1 Å². The van der Waals surface area contributed by atoms with Crippen LogP contribution in [0, 0.1) is 5.92 Å². The maximum Gasteiger partial charge on any atom is 0.418 e. The maximum atomic E-state index is 13.2. The lowest BCUT2D eigenvalue weighted by atomic mass is 10.00. The molecular weight excluding hydrogens is 381 g/mol. The summed E-state index contributed by atoms with van der Waals surface area (Å²) in [5.74, 6) is 0.0726. The van der Waals surface area contributed by atoms with Gasteiger partial charge < -0.3 is 10.2 Å². The molecule has 1 saturated heterocycles. The van der Waals surface area contributed by atoms with Crippen molar-refractivity contribution in [2.75, 3.05) is 18.4 Å². The van der Waals surface area contributed by atoms with Crippen LogP contribution in [0.5, 0.6) is 0 Å². The Bertz CT molecular complexity index is 844. The first kappa shape index (κ1) is 19.4. The number of carbonyl (C=O) groups excluding carboxylic acids is 1. The first-order valence-electron chi connectivity index (χ1n) is 8.50. The van der Waals surface area contributed by atoms with Crippen LogP contribution in [0.3, 0.4) is 0 Å². The zero-order valence-electron chi connectivity index (χ0n) is 14.6. The summed E-state index contributed by atoms with van der Waals surface area (Å²) in [6.07, 6.45) is -1.26. The molecule has 1 unspecified atom stereocenters. The monoisotopic (exact) mass is 398 g/mol. The van der Waals surface area contributed by atoms with Crippen LogP contribution in [-0.4, -0.2) is 33.9 Å². The predicted molar refractivity (Wildman–Crippen MR) is 96.1 cm³/mol. The molecule has 0 radical (unpaired) electrons. The zero-order valence-corrected chi connectivity index (χ0v) is 15.3. The Morgan fingerprint density at radius 1 is 1.33 bits per heavy atom. The van der Waals surface area contributed by atoms with E-state index in [2.05, 4.69) is 22.2 Å². The SMILES string of the molecule is CC1CCCN(C(=O)c2ccnc(Nc3ccc(Cl)cc3C(F)(F)F)n2)C1. The van der Waals surface area contributed by atoms with E-state index in [4.69, 9.17) is 11.6 Å². The number of anilines is 2. The summed E-state index contributed by atoms with van der Waals surface area (Å²) >= 11 is 5.68. The van der Waals surface area contributed by atoms with Crippen LogP contribution >= 0.6 is 11.6 Å². The fourth-order valence-electron chi connectivity index (χ4n) is 3.05. The first-order valence-corrected chi connectivity index (χ1v) is 8.88. The lowest BCUT2D eigenvalue weighted by molar-refractivity contribution is -0.136. The van der Waals surface area contributed by atoms with Crippen LogP contribution < -0.4 is 5.32 Å². The van der Waals surface area contributed by atoms with E-state index >= 15 is 0 Å². The summed E-state index contributed by atoms with van der Waals surface area (Å²) in [7, 11) is 0. The van der Waals surface area contributed by atoms with Crippen LogP contribution in [0.4, 0.5) is 24.8 Å². The van der Waals surface area contributed by atoms with Gasteiger partial charge in [0.05, 0.1) is 11.3 Å². The maximum absolute atomic E-state index is 13.2. The van der Waals surface area contributed by atoms with Gasteiger partial charge in [-0.25, -0.2) is 9.97 Å². The Kier molecular flexibility index (Phi) is 5.55. The van der Waals surface area contributed by atoms with E-state index in [1.807, 2.05) is 0 Å². The summed E-state index contributed by atoms with van der Waals surface area (Å²) in [6, 6.07) is 4.83. The molecule has 1 aliphatic heterocycles. The molecule has 0 saturated carbocycles. The topological polar surface area (TPSA) is 58.1 Å². The highest BCUT2D eigenvalue weighted by Gasteiger charge is 2.34. The molecule has 0 bridgehead atoms. The van der Waals surface area contributed by atoms with E-state index in [1.54, 1.807) is 4.90 Å². The Morgan fingerprint density at radius 2 is 2.11 bits per heavy atom. The average Bonchev–Trinajstić information content (AvgIpc) is 2.62. The zero-order chi connectivity index (χ0) is 19.6. The highest BCUT2D eigenvalue weighted by atomic mass is 35.5. The third-order valence-corrected chi connectivity index (χ3v) is 4.59. The van der Waals surface area contributed by atoms with Gasteiger partial charge in [-0.15, -0.1) is 0 Å². The second-order valence-corrected chi connectivity index (χ2v) is 7.01. The molecule has 0 aliphatic carbocycles. The summed E-state index contributed by atoms with van der Waals surface area (Å²) in [4.78, 5) is 22.4. The molecule has 144 valence electrons. The number of aromatic nitrogens is 2. The number of halogens is 4. The molecular formula is C18H18ClF3N4O. The molecule has 3 rings (SSSR count). The van der Waals surface area contributed by atoms with Gasteiger partial charge in [0.2, 0.25) is 5.95 Å². The third kappa shape index (κ3) is 4.68. The van der Waals surface area contributed by atoms with Gasteiger partial charge in [-0.1, -0.05) is 18.5 Å². The molecule has 27 heavy (non-hydrogen) atoms. The fraction of sp³-hybridized carbons (Fsp3) is 0.389. The molecule has 0 spiro atoms. The van der Waals surface area contributed by atoms with Crippen molar-refractivity contribution in [1.82, 2.24) is 14.9 Å². The number of hydrogen-bond donors (Lipinski definition) is 1. The molecule has 1 N–H and O–H groups in total. The van der Waals surface area contributed by atoms with Crippen LogP contribution in [-0.2, 0) is 6.18 Å². The summed E-state index contributed by atoms with van der Waals surface area (Å²) in [5.41, 5.74) is -1.02. The van der Waals surface area contributed by atoms with Crippen LogP contribution in [0.2, 0.25) is 5.02 Å². The molecule has 1 amide bonds. The molecule has 5 nitrogen and oxygen atoms in total. The van der Waals surface area contributed by atoms with E-state index < -0.39 is 11.7 Å². The van der Waals surface area contributed by atoms with Gasteiger partial charge in [0.1, 0.15) is 5.69 Å². The van der Waals surface area contributed by atoms with Crippen LogP contribution in [0.25, 0.3) is 0 Å². The predicted octanol–water partition coefficient (Wildman–Crippen LogP) is 4.76. The molecule has 1 aromatic heterocycles. The van der Waals surface area contributed by atoms with Gasteiger partial charge >= 0.3 is 6.18 Å². The fourth-order valence-corrected chi connectivity index (χ4v) is 3.23. The van der Waals surface area contributed by atoms with Gasteiger partial charge in [0.25, 0.3) is 5.91 Å². The molecule has 1 atom stereocenters. The van der Waals surface area contributed by atoms with Crippen molar-refractivity contribution in [2.24, 2.45) is 5.92 Å². The second-order valence-electron chi connectivity index (χ2n) is 6.58. The standard InChI is InChI=1S/C18H18ClF3N4O/c1-11-3-2-8-26(10-11)16(27)15-6-7-23-17(25-15)24-14-5-4-12(19)9-13(14)18(20,21)22/h4-7,9,11H,2-3,8,10H2,1H3,(H,23,24,25). The number of hydrogen-bond acceptors (Lipinski definition) is 4. The average molecular weight is 399 g/mol.